The van der Waals surface area contributed by atoms with E-state index in [1.54, 1.807) is 72.8 Å². The Bertz CT molecular complexity index is 2440. The average molecular weight is 812 g/mol. The number of methoxy groups -OCH3 is 1. The van der Waals surface area contributed by atoms with Gasteiger partial charge in [-0.3, -0.25) is 14.4 Å². The van der Waals surface area contributed by atoms with E-state index < -0.39 is 23.0 Å². The van der Waals surface area contributed by atoms with Gasteiger partial charge in [-0.2, -0.15) is 0 Å². The summed E-state index contributed by atoms with van der Waals surface area (Å²) in [7, 11) is 1.36. The lowest BCUT2D eigenvalue weighted by molar-refractivity contribution is -0.116. The summed E-state index contributed by atoms with van der Waals surface area (Å²) in [5.74, 6) is -1.49. The van der Waals surface area contributed by atoms with Crippen LogP contribution in [0.15, 0.2) is 150 Å². The Morgan fingerprint density at radius 2 is 1.51 bits per heavy atom. The second-order valence-electron chi connectivity index (χ2n) is 13.3. The third-order valence-electron chi connectivity index (χ3n) is 9.58. The van der Waals surface area contributed by atoms with Crippen molar-refractivity contribution in [2.45, 2.75) is 35.3 Å². The van der Waals surface area contributed by atoms with Gasteiger partial charge in [0.05, 0.1) is 12.7 Å². The molecule has 0 saturated heterocycles. The number of nitrogens with one attached hydrogen (secondary N) is 3. The lowest BCUT2D eigenvalue weighted by Crippen LogP contribution is -2.30. The van der Waals surface area contributed by atoms with E-state index in [4.69, 9.17) is 16.3 Å². The number of fused-ring (bicyclic) bond motifs is 1. The van der Waals surface area contributed by atoms with Crippen molar-refractivity contribution in [2.24, 2.45) is 0 Å². The predicted octanol–water partition coefficient (Wildman–Crippen LogP) is 10.3. The first-order valence-corrected chi connectivity index (χ1v) is 20.4. The molecule has 1 aliphatic carbocycles. The molecule has 0 radical (unpaired) electrons. The Morgan fingerprint density at radius 3 is 2.23 bits per heavy atom. The number of amides is 3. The van der Waals surface area contributed by atoms with Crippen molar-refractivity contribution in [3.05, 3.63) is 189 Å². The zero-order chi connectivity index (χ0) is 39.7. The molecule has 1 aliphatic rings. The molecule has 1 heterocycles. The topological polar surface area (TPSA) is 114 Å². The summed E-state index contributed by atoms with van der Waals surface area (Å²) in [6.07, 6.45) is 3.88. The van der Waals surface area contributed by atoms with Gasteiger partial charge in [0.25, 0.3) is 11.8 Å². The van der Waals surface area contributed by atoms with Crippen LogP contribution in [-0.4, -0.2) is 30.8 Å². The van der Waals surface area contributed by atoms with Crippen LogP contribution in [0.3, 0.4) is 0 Å². The highest BCUT2D eigenvalue weighted by molar-refractivity contribution is 8.00. The molecule has 2 unspecified atom stereocenters. The van der Waals surface area contributed by atoms with Crippen LogP contribution in [-0.2, 0) is 27.2 Å². The first-order chi connectivity index (χ1) is 27.8. The number of rotatable bonds is 12. The molecule has 0 fully saturated rings. The van der Waals surface area contributed by atoms with Gasteiger partial charge in [-0.05, 0) is 89.9 Å². The van der Waals surface area contributed by atoms with Gasteiger partial charge in [-0.25, -0.2) is 4.79 Å². The van der Waals surface area contributed by atoms with E-state index in [0.29, 0.717) is 49.6 Å². The normalized spacial score (nSPS) is 14.1. The van der Waals surface area contributed by atoms with Gasteiger partial charge in [0.1, 0.15) is 15.9 Å². The fourth-order valence-corrected chi connectivity index (χ4v) is 9.34. The standard InChI is InChI=1S/C46H38ClN3O5S2/c1-55-46(54)40-36-25-24-32(29-14-5-2-6-15-29)27-39(36)57-45(40)50-44(53)41(30-16-7-3-8-17-30)56-35-22-13-21-34(28-35)48-43(52)38(26-33-20-11-12-23-37(33)47)49-42(51)31-18-9-4-10-19-31/h2-23,26,28,32,41H,24-25,27H2,1H3,(H,48,52)(H,49,51)(H,50,53)/b38-26+. The number of thiophene rings is 1. The summed E-state index contributed by atoms with van der Waals surface area (Å²) in [6, 6.07) is 42.5. The summed E-state index contributed by atoms with van der Waals surface area (Å²) in [5.41, 5.74) is 4.74. The summed E-state index contributed by atoms with van der Waals surface area (Å²) >= 11 is 9.16. The maximum Gasteiger partial charge on any atom is 0.341 e. The number of carbonyl (C=O) groups is 4. The van der Waals surface area contributed by atoms with Crippen LogP contribution in [0.5, 0.6) is 0 Å². The summed E-state index contributed by atoms with van der Waals surface area (Å²) in [6.45, 7) is 0. The molecular formula is C46H38ClN3O5S2. The van der Waals surface area contributed by atoms with Gasteiger partial charge >= 0.3 is 5.97 Å². The van der Waals surface area contributed by atoms with E-state index in [0.717, 1.165) is 28.8 Å². The predicted molar refractivity (Wildman–Crippen MR) is 229 cm³/mol. The maximum atomic E-state index is 14.3. The molecule has 0 spiro atoms. The highest BCUT2D eigenvalue weighted by Gasteiger charge is 2.32. The molecule has 3 amide bonds. The first-order valence-electron chi connectivity index (χ1n) is 18.3. The Morgan fingerprint density at radius 1 is 0.825 bits per heavy atom. The van der Waals surface area contributed by atoms with Crippen LogP contribution >= 0.6 is 34.7 Å². The molecule has 0 saturated carbocycles. The number of anilines is 2. The van der Waals surface area contributed by atoms with Gasteiger partial charge in [-0.1, -0.05) is 115 Å². The molecule has 11 heteroatoms. The van der Waals surface area contributed by atoms with E-state index in [1.165, 1.54) is 41.8 Å². The van der Waals surface area contributed by atoms with E-state index in [2.05, 4.69) is 28.1 Å². The second-order valence-corrected chi connectivity index (χ2v) is 16.0. The van der Waals surface area contributed by atoms with Crippen molar-refractivity contribution in [1.82, 2.24) is 5.32 Å². The molecule has 8 nitrogen and oxygen atoms in total. The quantitative estimate of drug-likeness (QED) is 0.0644. The third kappa shape index (κ3) is 9.55. The Balaban J connectivity index is 1.13. The molecule has 5 aromatic carbocycles. The monoisotopic (exact) mass is 811 g/mol. The smallest absolute Gasteiger partial charge is 0.341 e. The first kappa shape index (κ1) is 39.3. The number of carbonyl (C=O) groups excluding carboxylic acids is 4. The number of hydrogen-bond acceptors (Lipinski definition) is 7. The lowest BCUT2D eigenvalue weighted by atomic mass is 9.83. The van der Waals surface area contributed by atoms with Crippen LogP contribution in [0.25, 0.3) is 6.08 Å². The number of hydrogen-bond donors (Lipinski definition) is 3. The largest absolute Gasteiger partial charge is 0.465 e. The van der Waals surface area contributed by atoms with Crippen LogP contribution in [0.4, 0.5) is 10.7 Å². The maximum absolute atomic E-state index is 14.3. The Hall–Kier alpha value is -5.94. The highest BCUT2D eigenvalue weighted by Crippen LogP contribution is 2.44. The zero-order valence-electron chi connectivity index (χ0n) is 30.9. The number of thioether (sulfide) groups is 1. The van der Waals surface area contributed by atoms with Gasteiger partial charge < -0.3 is 20.7 Å². The highest BCUT2D eigenvalue weighted by atomic mass is 35.5. The van der Waals surface area contributed by atoms with Crippen molar-refractivity contribution in [1.29, 1.82) is 0 Å². The molecular weight excluding hydrogens is 774 g/mol. The lowest BCUT2D eigenvalue weighted by Gasteiger charge is -2.22. The minimum Gasteiger partial charge on any atom is -0.465 e. The number of benzene rings is 5. The molecule has 0 aliphatic heterocycles. The molecule has 57 heavy (non-hydrogen) atoms. The van der Waals surface area contributed by atoms with E-state index >= 15 is 0 Å². The van der Waals surface area contributed by atoms with Gasteiger partial charge in [0.2, 0.25) is 5.91 Å². The van der Waals surface area contributed by atoms with E-state index in [-0.39, 0.29) is 11.6 Å². The van der Waals surface area contributed by atoms with Gasteiger partial charge in [0.15, 0.2) is 0 Å². The average Bonchev–Trinajstić information content (AvgIpc) is 3.60. The van der Waals surface area contributed by atoms with Crippen molar-refractivity contribution >= 4 is 75.2 Å². The number of halogens is 1. The molecule has 6 aromatic rings. The molecule has 0 bridgehead atoms. The minimum atomic E-state index is -0.723. The van der Waals surface area contributed by atoms with Gasteiger partial charge in [-0.15, -0.1) is 23.1 Å². The van der Waals surface area contributed by atoms with E-state index in [9.17, 15) is 19.2 Å². The number of ether oxygens (including phenoxy) is 1. The molecule has 2 atom stereocenters. The van der Waals surface area contributed by atoms with Crippen molar-refractivity contribution in [3.8, 4) is 0 Å². The van der Waals surface area contributed by atoms with Gasteiger partial charge in [0, 0.05) is 26.0 Å². The zero-order valence-corrected chi connectivity index (χ0v) is 33.3. The molecule has 3 N–H and O–H groups in total. The SMILES string of the molecule is COC(=O)c1c(NC(=O)C(Sc2cccc(NC(=O)/C(=C\c3ccccc3Cl)NC(=O)c3ccccc3)c2)c2ccccc2)sc2c1CCC(c1ccccc1)C2. The van der Waals surface area contributed by atoms with Crippen molar-refractivity contribution < 1.29 is 23.9 Å². The number of esters is 1. The summed E-state index contributed by atoms with van der Waals surface area (Å²) in [4.78, 5) is 56.3. The summed E-state index contributed by atoms with van der Waals surface area (Å²) < 4.78 is 5.22. The minimum absolute atomic E-state index is 0.00769. The van der Waals surface area contributed by atoms with Crippen LogP contribution in [0.2, 0.25) is 5.02 Å². The van der Waals surface area contributed by atoms with Crippen LogP contribution in [0, 0.1) is 0 Å². The van der Waals surface area contributed by atoms with Crippen LogP contribution in [0.1, 0.15) is 65.4 Å². The second kappa shape index (κ2) is 18.3. The van der Waals surface area contributed by atoms with Crippen LogP contribution < -0.4 is 16.0 Å². The summed E-state index contributed by atoms with van der Waals surface area (Å²) in [5, 5.41) is 8.92. The Labute approximate surface area is 344 Å². The Kier molecular flexibility index (Phi) is 12.6. The third-order valence-corrected chi connectivity index (χ3v) is 12.3. The van der Waals surface area contributed by atoms with Crippen molar-refractivity contribution in [3.63, 3.8) is 0 Å². The molecule has 1 aromatic heterocycles. The van der Waals surface area contributed by atoms with Crippen molar-refractivity contribution in [2.75, 3.05) is 17.7 Å². The van der Waals surface area contributed by atoms with E-state index in [1.807, 2.05) is 54.6 Å². The molecule has 7 rings (SSSR count). The molecule has 286 valence electrons. The fourth-order valence-electron chi connectivity index (χ4n) is 6.75. The fraction of sp³-hybridized carbons (Fsp3) is 0.130.